The monoisotopic (exact) mass is 314 g/mol. The molecule has 0 aliphatic heterocycles. The average Bonchev–Trinajstić information content (AvgIpc) is 2.27. The Morgan fingerprint density at radius 2 is 1.65 bits per heavy atom. The number of nitrogens with one attached hydrogen (secondary N) is 1. The highest BCUT2D eigenvalue weighted by Crippen LogP contribution is 2.26. The van der Waals surface area contributed by atoms with Crippen molar-refractivity contribution < 1.29 is 9.59 Å². The van der Waals surface area contributed by atoms with Crippen molar-refractivity contribution in [3.63, 3.8) is 0 Å². The highest BCUT2D eigenvalue weighted by molar-refractivity contribution is 6.76. The first kappa shape index (κ1) is 14.4. The van der Waals surface area contributed by atoms with Crippen molar-refractivity contribution in [1.29, 1.82) is 0 Å². The fourth-order valence-corrected chi connectivity index (χ4v) is 1.20. The number of hydrogen-bond acceptors (Lipinski definition) is 2. The molecule has 2 amide bonds. The smallest absolute Gasteiger partial charge is 0.268 e. The lowest BCUT2D eigenvalue weighted by Crippen LogP contribution is -2.45. The van der Waals surface area contributed by atoms with Crippen LogP contribution in [-0.4, -0.2) is 20.1 Å². The van der Waals surface area contributed by atoms with Crippen LogP contribution in [0.25, 0.3) is 0 Å². The summed E-state index contributed by atoms with van der Waals surface area (Å²) >= 11 is 21.4. The minimum atomic E-state index is -2.19. The summed E-state index contributed by atoms with van der Waals surface area (Å²) in [5.74, 6) is -1.67. The van der Waals surface area contributed by atoms with Gasteiger partial charge in [0, 0.05) is 17.3 Å². The van der Waals surface area contributed by atoms with Crippen LogP contribution in [-0.2, 0) is 4.79 Å². The van der Waals surface area contributed by atoms with E-state index in [4.69, 9.17) is 46.6 Å². The molecule has 4 nitrogen and oxygen atoms in total. The second-order valence-corrected chi connectivity index (χ2v) is 5.51. The fraction of sp³-hybridized carbons (Fsp3) is 0.111. The molecule has 0 bridgehead atoms. The van der Waals surface area contributed by atoms with Crippen LogP contribution >= 0.6 is 46.6 Å². The van der Waals surface area contributed by atoms with E-state index in [0.717, 1.165) is 0 Å². The third kappa shape index (κ3) is 4.24. The minimum Gasteiger partial charge on any atom is -0.268 e. The Morgan fingerprint density at radius 1 is 1.12 bits per heavy atom. The minimum absolute atomic E-state index is 0.284. The van der Waals surface area contributed by atoms with Crippen molar-refractivity contribution in [2.24, 2.45) is 0 Å². The Hall–Kier alpha value is -0.680. The maximum atomic E-state index is 11.7. The van der Waals surface area contributed by atoms with E-state index in [9.17, 15) is 9.59 Å². The van der Waals surface area contributed by atoms with E-state index in [0.29, 0.717) is 4.53 Å². The number of rotatable bonds is 1. The van der Waals surface area contributed by atoms with Gasteiger partial charge in [-0.05, 0) is 12.1 Å². The molecule has 0 saturated heterocycles. The number of benzene rings is 1. The predicted molar refractivity (Wildman–Crippen MR) is 66.9 cm³/mol. The zero-order valence-electron chi connectivity index (χ0n) is 8.16. The molecule has 0 atom stereocenters. The first-order valence-electron chi connectivity index (χ1n) is 4.25. The zero-order chi connectivity index (χ0) is 13.1. The van der Waals surface area contributed by atoms with Crippen molar-refractivity contribution >= 4 is 58.4 Å². The molecular weight excluding hydrogens is 310 g/mol. The SMILES string of the molecule is O=C(c1ccccc1)N(Cl)NC(=O)C(Cl)(Cl)Cl. The van der Waals surface area contributed by atoms with Gasteiger partial charge in [0.1, 0.15) is 0 Å². The second-order valence-electron chi connectivity index (χ2n) is 2.89. The van der Waals surface area contributed by atoms with E-state index >= 15 is 0 Å². The summed E-state index contributed by atoms with van der Waals surface area (Å²) in [6.45, 7) is 0. The topological polar surface area (TPSA) is 49.4 Å². The maximum Gasteiger partial charge on any atom is 0.291 e. The zero-order valence-corrected chi connectivity index (χ0v) is 11.2. The van der Waals surface area contributed by atoms with Crippen LogP contribution < -0.4 is 5.43 Å². The Labute approximate surface area is 117 Å². The van der Waals surface area contributed by atoms with Crippen LogP contribution in [0.1, 0.15) is 10.4 Å². The van der Waals surface area contributed by atoms with E-state index < -0.39 is 15.6 Å². The standard InChI is InChI=1S/C9H6Cl4N2O2/c10-9(11,12)8(17)14-15(13)7(16)6-4-2-1-3-5-6/h1-5H,(H,14,17). The van der Waals surface area contributed by atoms with Gasteiger partial charge in [0.25, 0.3) is 15.6 Å². The van der Waals surface area contributed by atoms with Gasteiger partial charge in [0.15, 0.2) is 0 Å². The number of halogens is 4. The number of nitrogens with zero attached hydrogens (tertiary/aromatic N) is 1. The van der Waals surface area contributed by atoms with Crippen LogP contribution in [0.5, 0.6) is 0 Å². The number of amides is 2. The molecule has 0 spiro atoms. The average molecular weight is 316 g/mol. The molecule has 0 aromatic heterocycles. The Morgan fingerprint density at radius 3 is 2.12 bits per heavy atom. The third-order valence-electron chi connectivity index (χ3n) is 1.66. The van der Waals surface area contributed by atoms with Crippen molar-refractivity contribution in [2.75, 3.05) is 0 Å². The normalized spacial score (nSPS) is 10.8. The molecule has 0 saturated carbocycles. The number of hydrazine groups is 1. The molecule has 92 valence electrons. The summed E-state index contributed by atoms with van der Waals surface area (Å²) in [6, 6.07) is 8.08. The van der Waals surface area contributed by atoms with Gasteiger partial charge < -0.3 is 0 Å². The molecule has 0 radical (unpaired) electrons. The summed E-state index contributed by atoms with van der Waals surface area (Å²) in [7, 11) is 0. The Kier molecular flexibility index (Phi) is 4.89. The molecular formula is C9H6Cl4N2O2. The molecule has 8 heteroatoms. The van der Waals surface area contributed by atoms with Gasteiger partial charge in [-0.3, -0.25) is 9.59 Å². The molecule has 0 fully saturated rings. The second kappa shape index (κ2) is 5.78. The number of alkyl halides is 3. The number of hydrogen-bond donors (Lipinski definition) is 1. The van der Waals surface area contributed by atoms with Crippen LogP contribution in [0.15, 0.2) is 30.3 Å². The summed E-state index contributed by atoms with van der Waals surface area (Å²) in [5, 5.41) is 0. The predicted octanol–water partition coefficient (Wildman–Crippen LogP) is 2.68. The molecule has 17 heavy (non-hydrogen) atoms. The van der Waals surface area contributed by atoms with Crippen LogP contribution in [0.4, 0.5) is 0 Å². The van der Waals surface area contributed by atoms with Crippen molar-refractivity contribution in [3.8, 4) is 0 Å². The van der Waals surface area contributed by atoms with Gasteiger partial charge in [0.2, 0.25) is 0 Å². The van der Waals surface area contributed by atoms with Crippen molar-refractivity contribution in [2.45, 2.75) is 3.79 Å². The largest absolute Gasteiger partial charge is 0.291 e. The molecule has 1 rings (SSSR count). The lowest BCUT2D eigenvalue weighted by Gasteiger charge is -2.17. The van der Waals surface area contributed by atoms with Gasteiger partial charge in [-0.25, -0.2) is 5.43 Å². The highest BCUT2D eigenvalue weighted by Gasteiger charge is 2.33. The van der Waals surface area contributed by atoms with Gasteiger partial charge in [0.05, 0.1) is 0 Å². The van der Waals surface area contributed by atoms with Crippen LogP contribution in [0.2, 0.25) is 0 Å². The summed E-state index contributed by atoms with van der Waals surface area (Å²) in [6.07, 6.45) is 0. The lowest BCUT2D eigenvalue weighted by molar-refractivity contribution is -0.122. The first-order valence-corrected chi connectivity index (χ1v) is 5.72. The van der Waals surface area contributed by atoms with Crippen LogP contribution in [0, 0.1) is 0 Å². The molecule has 1 aromatic carbocycles. The first-order chi connectivity index (χ1) is 7.82. The summed E-state index contributed by atoms with van der Waals surface area (Å²) in [5.41, 5.74) is 2.22. The molecule has 0 heterocycles. The van der Waals surface area contributed by atoms with Gasteiger partial charge in [-0.15, -0.1) is 0 Å². The molecule has 1 aromatic rings. The maximum absolute atomic E-state index is 11.7. The lowest BCUT2D eigenvalue weighted by atomic mass is 10.2. The van der Waals surface area contributed by atoms with E-state index in [-0.39, 0.29) is 5.56 Å². The van der Waals surface area contributed by atoms with Gasteiger partial charge >= 0.3 is 0 Å². The van der Waals surface area contributed by atoms with Crippen molar-refractivity contribution in [3.05, 3.63) is 35.9 Å². The van der Waals surface area contributed by atoms with E-state index in [1.54, 1.807) is 18.2 Å². The Bertz CT molecular complexity index is 419. The summed E-state index contributed by atoms with van der Waals surface area (Å²) in [4.78, 5) is 22.9. The number of carbonyl (C=O) groups excluding carboxylic acids is 2. The van der Waals surface area contributed by atoms with Gasteiger partial charge in [-0.1, -0.05) is 53.0 Å². The molecule has 0 aliphatic rings. The summed E-state index contributed by atoms with van der Waals surface area (Å²) < 4.78 is -1.76. The molecule has 1 N–H and O–H groups in total. The highest BCUT2D eigenvalue weighted by atomic mass is 35.6. The number of carbonyl (C=O) groups is 2. The molecule has 0 unspecified atom stereocenters. The molecule has 0 aliphatic carbocycles. The van der Waals surface area contributed by atoms with Crippen LogP contribution in [0.3, 0.4) is 0 Å². The van der Waals surface area contributed by atoms with Crippen molar-refractivity contribution in [1.82, 2.24) is 9.95 Å². The van der Waals surface area contributed by atoms with E-state index in [2.05, 4.69) is 0 Å². The Balaban J connectivity index is 2.69. The van der Waals surface area contributed by atoms with E-state index in [1.807, 2.05) is 5.43 Å². The van der Waals surface area contributed by atoms with Gasteiger partial charge in [-0.2, -0.15) is 4.53 Å². The van der Waals surface area contributed by atoms with E-state index in [1.165, 1.54) is 12.1 Å². The third-order valence-corrected chi connectivity index (χ3v) is 2.41. The fourth-order valence-electron chi connectivity index (χ4n) is 0.897. The quantitative estimate of drug-likeness (QED) is 0.492.